The Morgan fingerprint density at radius 3 is 2.55 bits per heavy atom. The molecule has 4 N–H and O–H groups in total. The summed E-state index contributed by atoms with van der Waals surface area (Å²) in [5, 5.41) is 13.0. The number of aryl methyl sites for hydroxylation is 1. The molecule has 1 aromatic heterocycles. The zero-order valence-electron chi connectivity index (χ0n) is 17.6. The van der Waals surface area contributed by atoms with Crippen molar-refractivity contribution in [3.63, 3.8) is 0 Å². The molecule has 0 aliphatic carbocycles. The second-order valence-corrected chi connectivity index (χ2v) is 7.54. The number of hydrogen-bond donors (Lipinski definition) is 3. The molecule has 3 aromatic rings. The number of nitrogens with one attached hydrogen (secondary N) is 1. The summed E-state index contributed by atoms with van der Waals surface area (Å²) in [6, 6.07) is 13.0. The van der Waals surface area contributed by atoms with Crippen molar-refractivity contribution >= 4 is 0 Å². The molecule has 0 unspecified atom stereocenters. The molecule has 0 fully saturated rings. The number of quaternary nitrogens is 1. The van der Waals surface area contributed by atoms with Crippen molar-refractivity contribution in [1.82, 2.24) is 9.55 Å². The van der Waals surface area contributed by atoms with Crippen molar-refractivity contribution in [3.05, 3.63) is 85.6 Å². The van der Waals surface area contributed by atoms with E-state index in [4.69, 9.17) is 9.47 Å². The molecular weight excluding hydrogens is 398 g/mol. The van der Waals surface area contributed by atoms with E-state index < -0.39 is 17.3 Å². The van der Waals surface area contributed by atoms with Crippen molar-refractivity contribution in [1.29, 1.82) is 0 Å². The SMILES string of the molecule is COc1cc2c(cc1OC)[C@@H](c1c(O)n(CCc3ccccc3)c(=O)[nH]c1=O)[NH2+]CC2. The van der Waals surface area contributed by atoms with E-state index in [1.165, 1.54) is 4.57 Å². The molecule has 8 heteroatoms. The minimum atomic E-state index is -0.620. The molecule has 4 rings (SSSR count). The Balaban J connectivity index is 1.77. The predicted octanol–water partition coefficient (Wildman–Crippen LogP) is 0.711. The molecule has 0 spiro atoms. The summed E-state index contributed by atoms with van der Waals surface area (Å²) in [4.78, 5) is 27.6. The maximum atomic E-state index is 12.8. The van der Waals surface area contributed by atoms with Gasteiger partial charge in [-0.3, -0.25) is 14.3 Å². The van der Waals surface area contributed by atoms with Gasteiger partial charge in [0.05, 0.1) is 20.8 Å². The number of nitrogens with two attached hydrogens (primary N) is 1. The van der Waals surface area contributed by atoms with Crippen LogP contribution >= 0.6 is 0 Å². The summed E-state index contributed by atoms with van der Waals surface area (Å²) in [6.07, 6.45) is 1.34. The number of H-pyrrole nitrogens is 1. The quantitative estimate of drug-likeness (QED) is 0.540. The third kappa shape index (κ3) is 3.94. The van der Waals surface area contributed by atoms with E-state index in [1.54, 1.807) is 14.2 Å². The molecule has 2 aromatic carbocycles. The first kappa shape index (κ1) is 20.7. The van der Waals surface area contributed by atoms with Crippen molar-refractivity contribution in [2.24, 2.45) is 0 Å². The second-order valence-electron chi connectivity index (χ2n) is 7.54. The lowest BCUT2D eigenvalue weighted by Crippen LogP contribution is -2.87. The average molecular weight is 424 g/mol. The lowest BCUT2D eigenvalue weighted by atomic mass is 9.90. The minimum absolute atomic E-state index is 0.167. The highest BCUT2D eigenvalue weighted by molar-refractivity contribution is 5.51. The van der Waals surface area contributed by atoms with Crippen LogP contribution < -0.4 is 26.0 Å². The molecular formula is C23H26N3O5+. The molecule has 8 nitrogen and oxygen atoms in total. The van der Waals surface area contributed by atoms with E-state index in [0.717, 1.165) is 29.7 Å². The van der Waals surface area contributed by atoms with Crippen LogP contribution in [0.3, 0.4) is 0 Å². The van der Waals surface area contributed by atoms with Gasteiger partial charge in [0.2, 0.25) is 5.88 Å². The van der Waals surface area contributed by atoms with Crippen molar-refractivity contribution in [2.75, 3.05) is 20.8 Å². The second kappa shape index (κ2) is 8.69. The van der Waals surface area contributed by atoms with Crippen LogP contribution in [0, 0.1) is 0 Å². The number of nitrogens with zero attached hydrogens (tertiary/aromatic N) is 1. The van der Waals surface area contributed by atoms with E-state index >= 15 is 0 Å². The van der Waals surface area contributed by atoms with Gasteiger partial charge in [-0.2, -0.15) is 0 Å². The Bertz CT molecular complexity index is 1200. The van der Waals surface area contributed by atoms with Gasteiger partial charge < -0.3 is 19.9 Å². The van der Waals surface area contributed by atoms with Gasteiger partial charge in [0.25, 0.3) is 5.56 Å². The first-order chi connectivity index (χ1) is 15.0. The average Bonchev–Trinajstić information content (AvgIpc) is 2.78. The Morgan fingerprint density at radius 2 is 1.84 bits per heavy atom. The van der Waals surface area contributed by atoms with E-state index in [1.807, 2.05) is 47.8 Å². The number of fused-ring (bicyclic) bond motifs is 1. The maximum Gasteiger partial charge on any atom is 0.331 e. The first-order valence-corrected chi connectivity index (χ1v) is 10.2. The Hall–Kier alpha value is -3.52. The number of aromatic hydroxyl groups is 1. The largest absolute Gasteiger partial charge is 0.494 e. The zero-order valence-corrected chi connectivity index (χ0v) is 17.6. The van der Waals surface area contributed by atoms with Crippen LogP contribution in [0.2, 0.25) is 0 Å². The number of hydrogen-bond acceptors (Lipinski definition) is 5. The third-order valence-electron chi connectivity index (χ3n) is 5.78. The van der Waals surface area contributed by atoms with Crippen LogP contribution in [0.15, 0.2) is 52.1 Å². The van der Waals surface area contributed by atoms with Crippen LogP contribution in [-0.4, -0.2) is 35.4 Å². The van der Waals surface area contributed by atoms with Gasteiger partial charge in [-0.05, 0) is 29.7 Å². The van der Waals surface area contributed by atoms with Gasteiger partial charge in [0.1, 0.15) is 11.6 Å². The van der Waals surface area contributed by atoms with E-state index in [9.17, 15) is 14.7 Å². The molecule has 0 saturated carbocycles. The topological polar surface area (TPSA) is 110 Å². The molecule has 1 atom stereocenters. The molecule has 0 bridgehead atoms. The highest BCUT2D eigenvalue weighted by Crippen LogP contribution is 2.36. The molecule has 1 aliphatic rings. The molecule has 0 saturated heterocycles. The zero-order chi connectivity index (χ0) is 22.0. The monoisotopic (exact) mass is 424 g/mol. The molecule has 31 heavy (non-hydrogen) atoms. The van der Waals surface area contributed by atoms with Crippen LogP contribution in [-0.2, 0) is 19.4 Å². The molecule has 2 heterocycles. The van der Waals surface area contributed by atoms with Crippen LogP contribution in [0.5, 0.6) is 17.4 Å². The Kier molecular flexibility index (Phi) is 5.81. The number of rotatable bonds is 6. The molecule has 1 aliphatic heterocycles. The van der Waals surface area contributed by atoms with Gasteiger partial charge >= 0.3 is 5.69 Å². The lowest BCUT2D eigenvalue weighted by molar-refractivity contribution is -0.690. The Labute approximate surface area is 179 Å². The van der Waals surface area contributed by atoms with Crippen molar-refractivity contribution < 1.29 is 19.9 Å². The summed E-state index contributed by atoms with van der Waals surface area (Å²) >= 11 is 0. The number of methoxy groups -OCH3 is 2. The van der Waals surface area contributed by atoms with Crippen LogP contribution in [0.4, 0.5) is 0 Å². The number of aromatic amines is 1. The highest BCUT2D eigenvalue weighted by atomic mass is 16.5. The summed E-state index contributed by atoms with van der Waals surface area (Å²) in [5.41, 5.74) is 1.88. The summed E-state index contributed by atoms with van der Waals surface area (Å²) < 4.78 is 12.1. The lowest BCUT2D eigenvalue weighted by Gasteiger charge is -2.26. The number of ether oxygens (including phenoxy) is 2. The Morgan fingerprint density at radius 1 is 1.13 bits per heavy atom. The molecule has 162 valence electrons. The fraction of sp³-hybridized carbons (Fsp3) is 0.304. The maximum absolute atomic E-state index is 12.8. The van der Waals surface area contributed by atoms with Gasteiger partial charge in [0, 0.05) is 18.5 Å². The predicted molar refractivity (Wildman–Crippen MR) is 115 cm³/mol. The van der Waals surface area contributed by atoms with Gasteiger partial charge in [0.15, 0.2) is 11.5 Å². The third-order valence-corrected chi connectivity index (χ3v) is 5.78. The normalized spacial score (nSPS) is 15.4. The fourth-order valence-corrected chi connectivity index (χ4v) is 4.20. The van der Waals surface area contributed by atoms with Crippen LogP contribution in [0.1, 0.15) is 28.3 Å². The first-order valence-electron chi connectivity index (χ1n) is 10.2. The van der Waals surface area contributed by atoms with Crippen LogP contribution in [0.25, 0.3) is 0 Å². The van der Waals surface area contributed by atoms with E-state index in [-0.39, 0.29) is 18.0 Å². The van der Waals surface area contributed by atoms with Crippen molar-refractivity contribution in [2.45, 2.75) is 25.4 Å². The number of aromatic nitrogens is 2. The van der Waals surface area contributed by atoms with Gasteiger partial charge in [-0.25, -0.2) is 4.79 Å². The smallest absolute Gasteiger partial charge is 0.331 e. The summed E-state index contributed by atoms with van der Waals surface area (Å²) in [7, 11) is 3.13. The van der Waals surface area contributed by atoms with Gasteiger partial charge in [-0.15, -0.1) is 0 Å². The van der Waals surface area contributed by atoms with E-state index in [0.29, 0.717) is 17.9 Å². The number of benzene rings is 2. The summed E-state index contributed by atoms with van der Waals surface area (Å²) in [6.45, 7) is 0.985. The van der Waals surface area contributed by atoms with Crippen molar-refractivity contribution in [3.8, 4) is 17.4 Å². The standard InChI is InChI=1S/C23H25N3O5/c1-30-17-12-15-8-10-24-20(16(15)13-18(17)31-2)19-21(27)25-23(29)26(22(19)28)11-9-14-6-4-3-5-7-14/h3-7,12-13,20,24,28H,8-11H2,1-2H3,(H,25,27,29)/p+1/t20-/m0/s1. The summed E-state index contributed by atoms with van der Waals surface area (Å²) in [5.74, 6) is 0.872. The van der Waals surface area contributed by atoms with Gasteiger partial charge in [-0.1, -0.05) is 30.3 Å². The van der Waals surface area contributed by atoms with E-state index in [2.05, 4.69) is 4.98 Å². The highest BCUT2D eigenvalue weighted by Gasteiger charge is 2.33. The minimum Gasteiger partial charge on any atom is -0.494 e. The molecule has 0 radical (unpaired) electrons. The fourth-order valence-electron chi connectivity index (χ4n) is 4.20. The molecule has 0 amide bonds.